The lowest BCUT2D eigenvalue weighted by atomic mass is 10.4. The molecule has 0 saturated carbocycles. The molecule has 0 bridgehead atoms. The summed E-state index contributed by atoms with van der Waals surface area (Å²) in [6, 6.07) is 21.7. The van der Waals surface area contributed by atoms with Gasteiger partial charge in [0.25, 0.3) is 0 Å². The molecular formula is C17H22SSi2. The highest BCUT2D eigenvalue weighted by atomic mass is 32.1. The molecular weight excluding hydrogens is 292 g/mol. The first-order valence-corrected chi connectivity index (χ1v) is 13.4. The molecule has 0 amide bonds. The van der Waals surface area contributed by atoms with Gasteiger partial charge in [0.2, 0.25) is 0 Å². The molecule has 2 aromatic rings. The molecule has 0 aliphatic rings. The normalized spacial score (nSPS) is 12.2. The van der Waals surface area contributed by atoms with Crippen LogP contribution < -0.4 is 10.4 Å². The highest BCUT2D eigenvalue weighted by molar-refractivity contribution is 7.91. The molecule has 0 aromatic heterocycles. The zero-order valence-corrected chi connectivity index (χ0v) is 15.5. The molecule has 3 heteroatoms. The minimum absolute atomic E-state index is 1.35. The van der Waals surface area contributed by atoms with Crippen LogP contribution in [0.3, 0.4) is 0 Å². The molecule has 0 aliphatic carbocycles. The zero-order valence-electron chi connectivity index (χ0n) is 12.7. The Morgan fingerprint density at radius 1 is 0.650 bits per heavy atom. The minimum atomic E-state index is -1.71. The molecule has 0 spiro atoms. The number of rotatable bonds is 4. The van der Waals surface area contributed by atoms with E-state index >= 15 is 0 Å². The van der Waals surface area contributed by atoms with Gasteiger partial charge in [-0.05, 0) is 4.11 Å². The Labute approximate surface area is 129 Å². The maximum Gasteiger partial charge on any atom is 0.116 e. The van der Waals surface area contributed by atoms with Crippen molar-refractivity contribution in [2.24, 2.45) is 0 Å². The molecule has 20 heavy (non-hydrogen) atoms. The van der Waals surface area contributed by atoms with Crippen molar-refractivity contribution in [3.05, 3.63) is 60.7 Å². The van der Waals surface area contributed by atoms with Gasteiger partial charge in [0.05, 0.1) is 0 Å². The van der Waals surface area contributed by atoms with Crippen molar-refractivity contribution in [3.8, 4) is 0 Å². The Morgan fingerprint density at radius 3 is 1.25 bits per heavy atom. The summed E-state index contributed by atoms with van der Waals surface area (Å²) in [5.74, 6) is 0. The van der Waals surface area contributed by atoms with Crippen LogP contribution in [-0.4, -0.2) is 20.3 Å². The molecule has 0 nitrogen and oxygen atoms in total. The Bertz CT molecular complexity index is 535. The average molecular weight is 315 g/mol. The fraction of sp³-hybridized carbons (Fsp3) is 0.235. The Morgan fingerprint density at radius 2 is 0.950 bits per heavy atom. The molecule has 0 aliphatic heterocycles. The van der Waals surface area contributed by atoms with Gasteiger partial charge in [0.1, 0.15) is 16.1 Å². The maximum absolute atomic E-state index is 6.01. The summed E-state index contributed by atoms with van der Waals surface area (Å²) < 4.78 is 1.35. The van der Waals surface area contributed by atoms with Gasteiger partial charge < -0.3 is 0 Å². The number of thiocarbonyl (C=S) groups is 1. The average Bonchev–Trinajstić information content (AvgIpc) is 2.48. The third-order valence-corrected chi connectivity index (χ3v) is 16.8. The second-order valence-electron chi connectivity index (χ2n) is 6.31. The van der Waals surface area contributed by atoms with Gasteiger partial charge in [0, 0.05) is 0 Å². The summed E-state index contributed by atoms with van der Waals surface area (Å²) in [4.78, 5) is 0. The first-order chi connectivity index (χ1) is 9.37. The molecule has 0 atom stereocenters. The van der Waals surface area contributed by atoms with Crippen LogP contribution in [0.15, 0.2) is 60.7 Å². The van der Waals surface area contributed by atoms with E-state index in [-0.39, 0.29) is 0 Å². The highest BCUT2D eigenvalue weighted by Gasteiger charge is 2.40. The smallest absolute Gasteiger partial charge is 0.0984 e. The van der Waals surface area contributed by atoms with E-state index in [4.69, 9.17) is 12.2 Å². The van der Waals surface area contributed by atoms with Crippen molar-refractivity contribution in [1.29, 1.82) is 0 Å². The fourth-order valence-corrected chi connectivity index (χ4v) is 13.2. The summed E-state index contributed by atoms with van der Waals surface area (Å²) in [5, 5.41) is 2.89. The lowest BCUT2D eigenvalue weighted by Gasteiger charge is -2.34. The van der Waals surface area contributed by atoms with E-state index in [1.165, 1.54) is 14.5 Å². The lowest BCUT2D eigenvalue weighted by Crippen LogP contribution is -2.63. The largest absolute Gasteiger partial charge is 0.116 e. The number of hydrogen-bond acceptors (Lipinski definition) is 1. The lowest BCUT2D eigenvalue weighted by molar-refractivity contribution is 1.71. The minimum Gasteiger partial charge on any atom is -0.0984 e. The molecule has 0 unspecified atom stereocenters. The van der Waals surface area contributed by atoms with Crippen LogP contribution in [0.5, 0.6) is 0 Å². The van der Waals surface area contributed by atoms with Gasteiger partial charge in [-0.15, -0.1) is 0 Å². The molecule has 104 valence electrons. The fourth-order valence-electron chi connectivity index (χ4n) is 2.75. The Kier molecular flexibility index (Phi) is 4.42. The zero-order chi connectivity index (χ0) is 14.8. The van der Waals surface area contributed by atoms with E-state index in [1.807, 2.05) is 0 Å². The van der Waals surface area contributed by atoms with Gasteiger partial charge in [-0.3, -0.25) is 0 Å². The summed E-state index contributed by atoms with van der Waals surface area (Å²) in [7, 11) is -3.42. The summed E-state index contributed by atoms with van der Waals surface area (Å²) >= 11 is 6.01. The van der Waals surface area contributed by atoms with Gasteiger partial charge in [-0.25, -0.2) is 0 Å². The summed E-state index contributed by atoms with van der Waals surface area (Å²) in [5.41, 5.74) is 0. The van der Waals surface area contributed by atoms with Crippen molar-refractivity contribution in [2.75, 3.05) is 0 Å². The SMILES string of the molecule is C[Si](C)(C(=S)[Si](C)(C)c1ccccc1)c1ccccc1. The van der Waals surface area contributed by atoms with E-state index in [2.05, 4.69) is 86.9 Å². The van der Waals surface area contributed by atoms with Crippen LogP contribution >= 0.6 is 12.2 Å². The maximum atomic E-state index is 6.01. The number of hydrogen-bond donors (Lipinski definition) is 0. The first kappa shape index (κ1) is 15.4. The molecule has 2 aromatic carbocycles. The van der Waals surface area contributed by atoms with Crippen LogP contribution in [0.4, 0.5) is 0 Å². The van der Waals surface area contributed by atoms with Crippen molar-refractivity contribution >= 4 is 42.9 Å². The van der Waals surface area contributed by atoms with Crippen molar-refractivity contribution in [2.45, 2.75) is 26.2 Å². The molecule has 2 rings (SSSR count). The second-order valence-corrected chi connectivity index (χ2v) is 16.6. The van der Waals surface area contributed by atoms with Crippen molar-refractivity contribution in [3.63, 3.8) is 0 Å². The van der Waals surface area contributed by atoms with Gasteiger partial charge in [-0.1, -0.05) is 109 Å². The Balaban J connectivity index is 2.40. The summed E-state index contributed by atoms with van der Waals surface area (Å²) in [6.07, 6.45) is 0. The molecule has 0 fully saturated rings. The van der Waals surface area contributed by atoms with Gasteiger partial charge in [-0.2, -0.15) is 0 Å². The predicted octanol–water partition coefficient (Wildman–Crippen LogP) is 3.67. The van der Waals surface area contributed by atoms with Crippen LogP contribution in [0, 0.1) is 0 Å². The van der Waals surface area contributed by atoms with E-state index in [9.17, 15) is 0 Å². The third kappa shape index (κ3) is 2.85. The number of benzene rings is 2. The highest BCUT2D eigenvalue weighted by Crippen LogP contribution is 2.17. The van der Waals surface area contributed by atoms with Crippen LogP contribution in [0.25, 0.3) is 0 Å². The monoisotopic (exact) mass is 314 g/mol. The van der Waals surface area contributed by atoms with E-state index in [1.54, 1.807) is 0 Å². The van der Waals surface area contributed by atoms with E-state index in [0.29, 0.717) is 0 Å². The Hall–Kier alpha value is -1.04. The van der Waals surface area contributed by atoms with Crippen molar-refractivity contribution < 1.29 is 0 Å². The molecule has 0 radical (unpaired) electrons. The van der Waals surface area contributed by atoms with E-state index in [0.717, 1.165) is 0 Å². The standard InChI is InChI=1S/C17H22SSi2/c1-19(2,15-11-7-5-8-12-15)17(18)20(3,4)16-13-9-6-10-14-16/h5-14H,1-4H3. The molecule has 0 saturated heterocycles. The molecule has 0 heterocycles. The molecule has 0 N–H and O–H groups in total. The van der Waals surface area contributed by atoms with Crippen LogP contribution in [0.1, 0.15) is 0 Å². The van der Waals surface area contributed by atoms with Crippen LogP contribution in [0.2, 0.25) is 26.2 Å². The topological polar surface area (TPSA) is 0 Å². The van der Waals surface area contributed by atoms with E-state index < -0.39 is 16.1 Å². The summed E-state index contributed by atoms with van der Waals surface area (Å²) in [6.45, 7) is 9.56. The van der Waals surface area contributed by atoms with Crippen molar-refractivity contribution in [1.82, 2.24) is 0 Å². The van der Waals surface area contributed by atoms with Crippen LogP contribution in [-0.2, 0) is 0 Å². The van der Waals surface area contributed by atoms with Gasteiger partial charge in [0.15, 0.2) is 0 Å². The first-order valence-electron chi connectivity index (χ1n) is 7.03. The third-order valence-electron chi connectivity index (χ3n) is 4.13. The second kappa shape index (κ2) is 5.76. The predicted molar refractivity (Wildman–Crippen MR) is 99.7 cm³/mol. The van der Waals surface area contributed by atoms with Gasteiger partial charge >= 0.3 is 0 Å². The quantitative estimate of drug-likeness (QED) is 0.613.